The largest absolute Gasteiger partial charge is 0.349 e. The van der Waals surface area contributed by atoms with Crippen LogP contribution in [0.1, 0.15) is 62.5 Å². The maximum Gasteiger partial charge on any atom is 0.251 e. The van der Waals surface area contributed by atoms with Crippen LogP contribution in [0, 0.1) is 23.7 Å². The van der Waals surface area contributed by atoms with Crippen LogP contribution in [0.3, 0.4) is 0 Å². The van der Waals surface area contributed by atoms with Crippen LogP contribution in [0.15, 0.2) is 30.3 Å². The fraction of sp³-hybridized carbons (Fsp3) is 0.591. The molecule has 2 heteroatoms. The molecule has 1 amide bonds. The first-order chi connectivity index (χ1) is 11.7. The number of carbonyl (C=O) groups is 1. The van der Waals surface area contributed by atoms with E-state index in [0.29, 0.717) is 12.0 Å². The lowest BCUT2D eigenvalue weighted by Crippen LogP contribution is -2.56. The third-order valence-electron chi connectivity index (χ3n) is 7.23. The maximum atomic E-state index is 13.1. The Morgan fingerprint density at radius 1 is 1.00 bits per heavy atom. The molecule has 6 rings (SSSR count). The molecule has 4 bridgehead atoms. The van der Waals surface area contributed by atoms with E-state index < -0.39 is 0 Å². The van der Waals surface area contributed by atoms with Crippen LogP contribution in [-0.4, -0.2) is 11.9 Å². The van der Waals surface area contributed by atoms with Crippen molar-refractivity contribution in [2.75, 3.05) is 0 Å². The highest BCUT2D eigenvalue weighted by molar-refractivity contribution is 6.20. The van der Waals surface area contributed by atoms with Crippen LogP contribution < -0.4 is 5.32 Å². The van der Waals surface area contributed by atoms with E-state index >= 15 is 0 Å². The van der Waals surface area contributed by atoms with Crippen molar-refractivity contribution in [3.05, 3.63) is 41.5 Å². The van der Waals surface area contributed by atoms with Crippen molar-refractivity contribution in [1.82, 2.24) is 5.32 Å². The average Bonchev–Trinajstić information content (AvgIpc) is 2.58. The fourth-order valence-corrected chi connectivity index (χ4v) is 6.31. The van der Waals surface area contributed by atoms with E-state index in [1.54, 1.807) is 0 Å². The summed E-state index contributed by atoms with van der Waals surface area (Å²) in [5.74, 6) is 4.07. The predicted octanol–water partition coefficient (Wildman–Crippen LogP) is 4.52. The predicted molar refractivity (Wildman–Crippen MR) is 96.4 cm³/mol. The molecular formula is C22H27NO. The quantitative estimate of drug-likeness (QED) is 0.852. The maximum absolute atomic E-state index is 13.1. The first-order valence-electron chi connectivity index (χ1n) is 9.79. The van der Waals surface area contributed by atoms with Gasteiger partial charge < -0.3 is 5.32 Å². The molecule has 126 valence electrons. The van der Waals surface area contributed by atoms with Gasteiger partial charge in [0.05, 0.1) is 0 Å². The third kappa shape index (κ3) is 2.26. The van der Waals surface area contributed by atoms with Crippen molar-refractivity contribution in [3.8, 4) is 0 Å². The van der Waals surface area contributed by atoms with Crippen molar-refractivity contribution >= 4 is 11.5 Å². The van der Waals surface area contributed by atoms with Gasteiger partial charge in [0.1, 0.15) is 0 Å². The van der Waals surface area contributed by atoms with Gasteiger partial charge in [-0.05, 0) is 79.2 Å². The topological polar surface area (TPSA) is 29.1 Å². The first-order valence-corrected chi connectivity index (χ1v) is 9.79. The highest BCUT2D eigenvalue weighted by Crippen LogP contribution is 2.53. The number of nitrogens with one attached hydrogen (secondary N) is 1. The Labute approximate surface area is 144 Å². The molecule has 2 nitrogen and oxygen atoms in total. The summed E-state index contributed by atoms with van der Waals surface area (Å²) in [6.45, 7) is 2.25. The molecule has 1 unspecified atom stereocenters. The summed E-state index contributed by atoms with van der Waals surface area (Å²) < 4.78 is 0. The Kier molecular flexibility index (Phi) is 3.36. The summed E-state index contributed by atoms with van der Waals surface area (Å²) in [5.41, 5.74) is 3.39. The van der Waals surface area contributed by atoms with Gasteiger partial charge in [-0.25, -0.2) is 0 Å². The van der Waals surface area contributed by atoms with E-state index in [1.807, 2.05) is 0 Å². The number of fused-ring (bicyclic) bond motifs is 1. The van der Waals surface area contributed by atoms with Crippen LogP contribution in [0.25, 0.3) is 5.57 Å². The van der Waals surface area contributed by atoms with E-state index in [2.05, 4.69) is 42.6 Å². The van der Waals surface area contributed by atoms with Crippen molar-refractivity contribution in [1.29, 1.82) is 0 Å². The summed E-state index contributed by atoms with van der Waals surface area (Å²) in [5, 5.41) is 3.48. The van der Waals surface area contributed by atoms with Crippen LogP contribution in [0.2, 0.25) is 0 Å². The van der Waals surface area contributed by atoms with E-state index in [9.17, 15) is 4.79 Å². The molecule has 24 heavy (non-hydrogen) atoms. The van der Waals surface area contributed by atoms with Crippen molar-refractivity contribution in [2.45, 2.75) is 57.4 Å². The Bertz CT molecular complexity index is 676. The zero-order valence-electron chi connectivity index (χ0n) is 14.5. The molecule has 0 heterocycles. The van der Waals surface area contributed by atoms with Gasteiger partial charge in [0.2, 0.25) is 0 Å². The highest BCUT2D eigenvalue weighted by Gasteiger charge is 2.48. The van der Waals surface area contributed by atoms with Crippen molar-refractivity contribution in [2.24, 2.45) is 23.7 Å². The van der Waals surface area contributed by atoms with E-state index in [1.165, 1.54) is 37.7 Å². The van der Waals surface area contributed by atoms with Crippen molar-refractivity contribution in [3.63, 3.8) is 0 Å². The molecule has 0 saturated heterocycles. The van der Waals surface area contributed by atoms with Gasteiger partial charge in [0.15, 0.2) is 0 Å². The summed E-state index contributed by atoms with van der Waals surface area (Å²) in [7, 11) is 0. The number of rotatable bonds is 2. The second kappa shape index (κ2) is 5.47. The Morgan fingerprint density at radius 3 is 2.38 bits per heavy atom. The van der Waals surface area contributed by atoms with E-state index in [-0.39, 0.29) is 5.91 Å². The summed E-state index contributed by atoms with van der Waals surface area (Å²) in [6.07, 6.45) is 10.0. The molecule has 4 saturated carbocycles. The smallest absolute Gasteiger partial charge is 0.251 e. The second-order valence-electron chi connectivity index (χ2n) is 8.77. The highest BCUT2D eigenvalue weighted by atomic mass is 16.1. The van der Waals surface area contributed by atoms with Gasteiger partial charge in [0, 0.05) is 11.6 Å². The molecule has 0 radical (unpaired) electrons. The summed E-state index contributed by atoms with van der Waals surface area (Å²) >= 11 is 0. The van der Waals surface area contributed by atoms with Crippen LogP contribution in [0.5, 0.6) is 0 Å². The summed E-state index contributed by atoms with van der Waals surface area (Å²) in [4.78, 5) is 13.1. The normalized spacial score (nSPS) is 39.3. The molecule has 1 atom stereocenters. The molecule has 1 N–H and O–H groups in total. The molecule has 1 aromatic rings. The fourth-order valence-electron chi connectivity index (χ4n) is 6.31. The van der Waals surface area contributed by atoms with Gasteiger partial charge in [-0.15, -0.1) is 0 Å². The Hall–Kier alpha value is -1.57. The minimum absolute atomic E-state index is 0.173. The molecule has 4 fully saturated rings. The lowest BCUT2D eigenvalue weighted by molar-refractivity contribution is -0.119. The lowest BCUT2D eigenvalue weighted by Gasteiger charge is -2.54. The standard InChI is InChI=1S/C22H27NO/c1-13-6-7-20(19-5-3-2-4-18(13)19)22(24)23-21-16-9-14-8-15(11-16)12-17(21)10-14/h2-5,7,13-17,21H,6,8-12H2,1H3,(H,23,24). The average molecular weight is 321 g/mol. The number of carbonyl (C=O) groups excluding carboxylic acids is 1. The Morgan fingerprint density at radius 2 is 1.67 bits per heavy atom. The number of hydrogen-bond acceptors (Lipinski definition) is 1. The van der Waals surface area contributed by atoms with Crippen LogP contribution in [-0.2, 0) is 4.79 Å². The third-order valence-corrected chi connectivity index (χ3v) is 7.23. The summed E-state index contributed by atoms with van der Waals surface area (Å²) in [6, 6.07) is 8.88. The molecule has 0 aromatic heterocycles. The van der Waals surface area contributed by atoms with Gasteiger partial charge in [-0.2, -0.15) is 0 Å². The van der Waals surface area contributed by atoms with Gasteiger partial charge in [-0.1, -0.05) is 37.3 Å². The molecule has 5 aliphatic rings. The number of benzene rings is 1. The van der Waals surface area contributed by atoms with Crippen molar-refractivity contribution < 1.29 is 4.79 Å². The van der Waals surface area contributed by atoms with Crippen LogP contribution >= 0.6 is 0 Å². The van der Waals surface area contributed by atoms with E-state index in [4.69, 9.17) is 0 Å². The zero-order valence-corrected chi connectivity index (χ0v) is 14.5. The minimum atomic E-state index is 0.173. The Balaban J connectivity index is 1.38. The number of hydrogen-bond donors (Lipinski definition) is 1. The SMILES string of the molecule is CC1CC=C(C(=O)NC2C3CC4CC(C3)CC2C4)c2ccccc21. The number of allylic oxidation sites excluding steroid dienone is 1. The first kappa shape index (κ1) is 14.7. The molecule has 0 aliphatic heterocycles. The minimum Gasteiger partial charge on any atom is -0.349 e. The second-order valence-corrected chi connectivity index (χ2v) is 8.77. The van der Waals surface area contributed by atoms with Gasteiger partial charge >= 0.3 is 0 Å². The van der Waals surface area contributed by atoms with E-state index in [0.717, 1.165) is 41.2 Å². The monoisotopic (exact) mass is 321 g/mol. The van der Waals surface area contributed by atoms with Crippen LogP contribution in [0.4, 0.5) is 0 Å². The molecule has 1 aromatic carbocycles. The van der Waals surface area contributed by atoms with Gasteiger partial charge in [0.25, 0.3) is 5.91 Å². The zero-order chi connectivity index (χ0) is 16.3. The molecular weight excluding hydrogens is 294 g/mol. The molecule has 5 aliphatic carbocycles. The number of amides is 1. The van der Waals surface area contributed by atoms with Gasteiger partial charge in [-0.3, -0.25) is 4.79 Å². The molecule has 0 spiro atoms. The lowest BCUT2D eigenvalue weighted by atomic mass is 9.54.